The number of halogens is 1. The lowest BCUT2D eigenvalue weighted by Crippen LogP contribution is -2.09. The van der Waals surface area contributed by atoms with Crippen molar-refractivity contribution in [1.29, 1.82) is 0 Å². The van der Waals surface area contributed by atoms with Crippen LogP contribution in [0.15, 0.2) is 59.8 Å². The van der Waals surface area contributed by atoms with Crippen LogP contribution in [0, 0.1) is 17.6 Å². The molecule has 5 nitrogen and oxygen atoms in total. The first-order chi connectivity index (χ1) is 13.1. The number of rotatable bonds is 4. The van der Waals surface area contributed by atoms with Gasteiger partial charge in [0.2, 0.25) is 0 Å². The van der Waals surface area contributed by atoms with Gasteiger partial charge in [0.15, 0.2) is 0 Å². The lowest BCUT2D eigenvalue weighted by molar-refractivity contribution is -0.118. The molecule has 6 heteroatoms. The van der Waals surface area contributed by atoms with E-state index in [0.29, 0.717) is 17.3 Å². The molecule has 27 heavy (non-hydrogen) atoms. The summed E-state index contributed by atoms with van der Waals surface area (Å²) in [5.74, 6) is -1.12. The number of carbonyl (C=O) groups excluding carboxylic acids is 1. The minimum atomic E-state index is -0.769. The van der Waals surface area contributed by atoms with Gasteiger partial charge in [-0.1, -0.05) is 24.3 Å². The molecule has 4 rings (SSSR count). The van der Waals surface area contributed by atoms with Crippen LogP contribution >= 0.6 is 0 Å². The molecule has 4 aromatic rings. The third-order valence-corrected chi connectivity index (χ3v) is 4.83. The van der Waals surface area contributed by atoms with Gasteiger partial charge in [-0.2, -0.15) is 0 Å². The molecule has 0 aliphatic heterocycles. The van der Waals surface area contributed by atoms with Crippen LogP contribution in [0.25, 0.3) is 21.8 Å². The van der Waals surface area contributed by atoms with Crippen LogP contribution in [0.4, 0.5) is 4.39 Å². The normalized spacial score (nSPS) is 11.2. The summed E-state index contributed by atoms with van der Waals surface area (Å²) >= 11 is 0. The van der Waals surface area contributed by atoms with Crippen LogP contribution in [0.2, 0.25) is 0 Å². The monoisotopic (exact) mass is 361 g/mol. The van der Waals surface area contributed by atoms with Gasteiger partial charge < -0.3 is 4.57 Å². The second kappa shape index (κ2) is 6.72. The van der Waals surface area contributed by atoms with Crippen LogP contribution < -0.4 is 0 Å². The number of amides is 1. The highest BCUT2D eigenvalue weighted by molar-refractivity contribution is 5.88. The summed E-state index contributed by atoms with van der Waals surface area (Å²) in [6.07, 6.45) is 0.492. The summed E-state index contributed by atoms with van der Waals surface area (Å²) in [7, 11) is 0. The van der Waals surface area contributed by atoms with Gasteiger partial charge in [-0.25, -0.2) is 4.39 Å². The van der Waals surface area contributed by atoms with Crippen LogP contribution in [-0.4, -0.2) is 15.5 Å². The molecule has 1 amide bonds. The number of benzene rings is 2. The molecule has 0 spiro atoms. The minimum absolute atomic E-state index is 0.164. The van der Waals surface area contributed by atoms with E-state index in [1.165, 1.54) is 12.1 Å². The smallest absolute Gasteiger partial charge is 0.305 e. The Bertz CT molecular complexity index is 1200. The van der Waals surface area contributed by atoms with Crippen molar-refractivity contribution in [3.05, 3.63) is 82.3 Å². The molecule has 2 aromatic heterocycles. The SMILES string of the molecule is Cc1c(Cc2ccc3ccccc3n2)c2cc(F)ccc2n1CC(=O)N=O. The molecule has 0 unspecified atom stereocenters. The molecule has 0 saturated heterocycles. The van der Waals surface area contributed by atoms with Gasteiger partial charge >= 0.3 is 5.91 Å². The largest absolute Gasteiger partial charge is 0.335 e. The highest BCUT2D eigenvalue weighted by atomic mass is 19.1. The maximum atomic E-state index is 13.9. The van der Waals surface area contributed by atoms with E-state index in [9.17, 15) is 14.1 Å². The number of nitroso groups, excluding NO2 is 1. The number of carbonyl (C=O) groups is 1. The van der Waals surface area contributed by atoms with E-state index in [1.807, 2.05) is 43.3 Å². The Kier molecular flexibility index (Phi) is 4.24. The van der Waals surface area contributed by atoms with Gasteiger partial charge in [-0.05, 0) is 42.8 Å². The quantitative estimate of drug-likeness (QED) is 0.502. The first kappa shape index (κ1) is 17.0. The van der Waals surface area contributed by atoms with Crippen LogP contribution in [-0.2, 0) is 17.8 Å². The highest BCUT2D eigenvalue weighted by Gasteiger charge is 2.18. The van der Waals surface area contributed by atoms with Crippen LogP contribution in [0.5, 0.6) is 0 Å². The van der Waals surface area contributed by atoms with Crippen molar-refractivity contribution in [1.82, 2.24) is 9.55 Å². The average Bonchev–Trinajstić information content (AvgIpc) is 2.93. The minimum Gasteiger partial charge on any atom is -0.335 e. The number of para-hydroxylation sites is 1. The summed E-state index contributed by atoms with van der Waals surface area (Å²) in [4.78, 5) is 26.8. The van der Waals surface area contributed by atoms with E-state index in [2.05, 4.69) is 10.2 Å². The molecule has 134 valence electrons. The van der Waals surface area contributed by atoms with Crippen LogP contribution in [0.3, 0.4) is 0 Å². The number of nitrogens with zero attached hydrogens (tertiary/aromatic N) is 3. The lowest BCUT2D eigenvalue weighted by atomic mass is 10.0. The van der Waals surface area contributed by atoms with E-state index in [-0.39, 0.29) is 12.4 Å². The topological polar surface area (TPSA) is 64.3 Å². The van der Waals surface area contributed by atoms with E-state index < -0.39 is 5.91 Å². The predicted octanol–water partition coefficient (Wildman–Crippen LogP) is 4.52. The molecule has 0 N–H and O–H groups in total. The molecule has 0 radical (unpaired) electrons. The summed E-state index contributed by atoms with van der Waals surface area (Å²) in [5.41, 5.74) is 4.11. The van der Waals surface area contributed by atoms with Crippen molar-refractivity contribution in [3.8, 4) is 0 Å². The average molecular weight is 361 g/mol. The third kappa shape index (κ3) is 3.10. The van der Waals surface area contributed by atoms with Gasteiger partial charge in [-0.3, -0.25) is 9.78 Å². The van der Waals surface area contributed by atoms with Crippen molar-refractivity contribution >= 4 is 27.7 Å². The Hall–Kier alpha value is -3.41. The molecule has 2 aromatic carbocycles. The third-order valence-electron chi connectivity index (χ3n) is 4.83. The van der Waals surface area contributed by atoms with Crippen molar-refractivity contribution in [2.45, 2.75) is 19.9 Å². The highest BCUT2D eigenvalue weighted by Crippen LogP contribution is 2.29. The van der Waals surface area contributed by atoms with Crippen molar-refractivity contribution in [2.24, 2.45) is 5.18 Å². The predicted molar refractivity (Wildman–Crippen MR) is 102 cm³/mol. The first-order valence-electron chi connectivity index (χ1n) is 8.55. The second-order valence-corrected chi connectivity index (χ2v) is 6.47. The summed E-state index contributed by atoms with van der Waals surface area (Å²) in [6.45, 7) is 1.69. The summed E-state index contributed by atoms with van der Waals surface area (Å²) in [6, 6.07) is 16.2. The fourth-order valence-electron chi connectivity index (χ4n) is 3.50. The summed E-state index contributed by atoms with van der Waals surface area (Å²) in [5, 5.41) is 4.24. The van der Waals surface area contributed by atoms with Crippen molar-refractivity contribution in [2.75, 3.05) is 0 Å². The van der Waals surface area contributed by atoms with Gasteiger partial charge in [0.1, 0.15) is 12.4 Å². The van der Waals surface area contributed by atoms with Gasteiger partial charge in [0.25, 0.3) is 0 Å². The number of fused-ring (bicyclic) bond motifs is 2. The Morgan fingerprint density at radius 1 is 1.15 bits per heavy atom. The molecule has 0 saturated carbocycles. The molecule has 0 atom stereocenters. The Morgan fingerprint density at radius 3 is 2.78 bits per heavy atom. The number of pyridine rings is 1. The molecular weight excluding hydrogens is 345 g/mol. The molecule has 0 aliphatic carbocycles. The van der Waals surface area contributed by atoms with Crippen molar-refractivity contribution < 1.29 is 9.18 Å². The first-order valence-corrected chi connectivity index (χ1v) is 8.55. The molecule has 0 aliphatic rings. The van der Waals surface area contributed by atoms with Gasteiger partial charge in [0, 0.05) is 39.3 Å². The molecule has 0 fully saturated rings. The second-order valence-electron chi connectivity index (χ2n) is 6.47. The summed E-state index contributed by atoms with van der Waals surface area (Å²) < 4.78 is 15.6. The number of aromatic nitrogens is 2. The van der Waals surface area contributed by atoms with Gasteiger partial charge in [0.05, 0.1) is 5.52 Å². The maximum Gasteiger partial charge on any atom is 0.305 e. The molecular formula is C21H16FN3O2. The van der Waals surface area contributed by atoms with E-state index >= 15 is 0 Å². The zero-order valence-electron chi connectivity index (χ0n) is 14.6. The van der Waals surface area contributed by atoms with E-state index in [4.69, 9.17) is 0 Å². The molecule has 0 bridgehead atoms. The Morgan fingerprint density at radius 2 is 1.96 bits per heavy atom. The van der Waals surface area contributed by atoms with E-state index in [0.717, 1.165) is 27.9 Å². The lowest BCUT2D eigenvalue weighted by Gasteiger charge is -2.06. The maximum absolute atomic E-state index is 13.9. The van der Waals surface area contributed by atoms with E-state index in [1.54, 1.807) is 10.6 Å². The molecule has 2 heterocycles. The number of hydrogen-bond acceptors (Lipinski definition) is 3. The Balaban J connectivity index is 1.84. The Labute approximate surface area is 154 Å². The zero-order valence-corrected chi connectivity index (χ0v) is 14.6. The van der Waals surface area contributed by atoms with Crippen molar-refractivity contribution in [3.63, 3.8) is 0 Å². The van der Waals surface area contributed by atoms with Gasteiger partial charge in [-0.15, -0.1) is 4.91 Å². The van der Waals surface area contributed by atoms with Crippen LogP contribution in [0.1, 0.15) is 17.0 Å². The standard InChI is InChI=1S/C21H16FN3O2/c1-13-17(11-16-8-6-14-4-2-3-5-19(14)23-16)18-10-15(22)7-9-20(18)25(13)12-21(26)24-27/h2-10H,11-12H2,1H3. The fraction of sp³-hybridized carbons (Fsp3) is 0.143. The fourth-order valence-corrected chi connectivity index (χ4v) is 3.50. The number of hydrogen-bond donors (Lipinski definition) is 0. The zero-order chi connectivity index (χ0) is 19.0.